The third-order valence-electron chi connectivity index (χ3n) is 6.32. The number of nitrogens with one attached hydrogen (secondary N) is 1. The minimum absolute atomic E-state index is 0.0180. The Kier molecular flexibility index (Phi) is 8.32. The van der Waals surface area contributed by atoms with Crippen molar-refractivity contribution < 1.29 is 9.53 Å². The molecule has 0 bridgehead atoms. The van der Waals surface area contributed by atoms with E-state index in [1.165, 1.54) is 12.0 Å². The second-order valence-corrected chi connectivity index (χ2v) is 8.75. The smallest absolute Gasteiger partial charge is 0.260 e. The van der Waals surface area contributed by atoms with Gasteiger partial charge in [-0.3, -0.25) is 4.79 Å². The summed E-state index contributed by atoms with van der Waals surface area (Å²) < 4.78 is 5.76. The Labute approximate surface area is 181 Å². The Morgan fingerprint density at radius 2 is 1.60 bits per heavy atom. The lowest BCUT2D eigenvalue weighted by Crippen LogP contribution is -2.46. The van der Waals surface area contributed by atoms with Crippen molar-refractivity contribution in [1.29, 1.82) is 0 Å². The van der Waals surface area contributed by atoms with Gasteiger partial charge in [-0.1, -0.05) is 48.5 Å². The molecule has 0 aromatic heterocycles. The summed E-state index contributed by atoms with van der Waals surface area (Å²) in [5.41, 5.74) is 1.41. The number of aryl methyl sites for hydroxylation is 1. The largest absolute Gasteiger partial charge is 0.481 e. The molecule has 1 aliphatic rings. The molecule has 4 heteroatoms. The second kappa shape index (κ2) is 11.2. The monoisotopic (exact) mass is 408 g/mol. The van der Waals surface area contributed by atoms with E-state index in [0.29, 0.717) is 12.0 Å². The van der Waals surface area contributed by atoms with Crippen LogP contribution in [0.15, 0.2) is 60.7 Å². The Hall–Kier alpha value is -2.33. The topological polar surface area (TPSA) is 41.6 Å². The molecule has 2 unspecified atom stereocenters. The number of hydrogen-bond donors (Lipinski definition) is 1. The van der Waals surface area contributed by atoms with Crippen LogP contribution in [0.3, 0.4) is 0 Å². The third-order valence-corrected chi connectivity index (χ3v) is 6.32. The van der Waals surface area contributed by atoms with Gasteiger partial charge in [0.2, 0.25) is 0 Å². The Morgan fingerprint density at radius 3 is 2.20 bits per heavy atom. The number of carbonyl (C=O) groups is 1. The molecule has 4 nitrogen and oxygen atoms in total. The number of carbonyl (C=O) groups excluding carboxylic acids is 1. The molecule has 1 fully saturated rings. The number of benzene rings is 2. The Balaban J connectivity index is 1.45. The van der Waals surface area contributed by atoms with Crippen LogP contribution in [0.5, 0.6) is 5.75 Å². The second-order valence-electron chi connectivity index (χ2n) is 8.75. The molecule has 3 rings (SSSR count). The van der Waals surface area contributed by atoms with Crippen molar-refractivity contribution >= 4 is 5.91 Å². The van der Waals surface area contributed by atoms with Gasteiger partial charge in [-0.15, -0.1) is 0 Å². The predicted octanol–water partition coefficient (Wildman–Crippen LogP) is 4.69. The summed E-state index contributed by atoms with van der Waals surface area (Å²) in [7, 11) is 4.40. The molecule has 30 heavy (non-hydrogen) atoms. The van der Waals surface area contributed by atoms with Gasteiger partial charge in [0.05, 0.1) is 0 Å². The standard InChI is InChI=1S/C26H36N2O2/c1-20(30-24-12-8-5-9-13-24)26(29)27-23-17-15-22(16-18-23)25(28(2)3)19-14-21-10-6-4-7-11-21/h4-13,20,22-23,25H,14-19H2,1-3H3,(H,27,29). The van der Waals surface area contributed by atoms with Gasteiger partial charge < -0.3 is 15.0 Å². The average Bonchev–Trinajstić information content (AvgIpc) is 2.76. The molecule has 1 N–H and O–H groups in total. The van der Waals surface area contributed by atoms with E-state index < -0.39 is 6.10 Å². The number of amides is 1. The zero-order chi connectivity index (χ0) is 21.3. The average molecular weight is 409 g/mol. The molecule has 0 radical (unpaired) electrons. The molecule has 0 saturated heterocycles. The lowest BCUT2D eigenvalue weighted by molar-refractivity contribution is -0.128. The van der Waals surface area contributed by atoms with Crippen LogP contribution in [0.2, 0.25) is 0 Å². The first-order valence-corrected chi connectivity index (χ1v) is 11.3. The predicted molar refractivity (Wildman–Crippen MR) is 123 cm³/mol. The SMILES string of the molecule is CC(Oc1ccccc1)C(=O)NC1CCC(C(CCc2ccccc2)N(C)C)CC1. The fourth-order valence-corrected chi connectivity index (χ4v) is 4.60. The molecule has 1 amide bonds. The fraction of sp³-hybridized carbons (Fsp3) is 0.500. The van der Waals surface area contributed by atoms with Crippen LogP contribution >= 0.6 is 0 Å². The zero-order valence-corrected chi connectivity index (χ0v) is 18.6. The number of ether oxygens (including phenoxy) is 1. The van der Waals surface area contributed by atoms with Gasteiger partial charge in [0.15, 0.2) is 6.10 Å². The maximum absolute atomic E-state index is 12.6. The molecule has 1 saturated carbocycles. The van der Waals surface area contributed by atoms with Crippen molar-refractivity contribution in [2.24, 2.45) is 5.92 Å². The van der Waals surface area contributed by atoms with E-state index in [1.54, 1.807) is 0 Å². The summed E-state index contributed by atoms with van der Waals surface area (Å²) in [6.45, 7) is 1.82. The number of rotatable bonds is 9. The highest BCUT2D eigenvalue weighted by Crippen LogP contribution is 2.31. The maximum atomic E-state index is 12.6. The number of para-hydroxylation sites is 1. The van der Waals surface area contributed by atoms with E-state index in [0.717, 1.165) is 37.9 Å². The van der Waals surface area contributed by atoms with Crippen LogP contribution in [0.25, 0.3) is 0 Å². The normalized spacial score (nSPS) is 21.1. The van der Waals surface area contributed by atoms with Gasteiger partial charge in [0.25, 0.3) is 5.91 Å². The molecule has 0 heterocycles. The van der Waals surface area contributed by atoms with Gasteiger partial charge in [-0.25, -0.2) is 0 Å². The van der Waals surface area contributed by atoms with E-state index in [1.807, 2.05) is 37.3 Å². The summed E-state index contributed by atoms with van der Waals surface area (Å²) in [5, 5.41) is 3.21. The van der Waals surface area contributed by atoms with E-state index in [-0.39, 0.29) is 11.9 Å². The first kappa shape index (κ1) is 22.4. The molecule has 0 aliphatic heterocycles. The number of hydrogen-bond acceptors (Lipinski definition) is 3. The molecule has 2 aromatic rings. The van der Waals surface area contributed by atoms with Crippen LogP contribution in [-0.4, -0.2) is 43.1 Å². The van der Waals surface area contributed by atoms with Crippen molar-refractivity contribution in [1.82, 2.24) is 10.2 Å². The van der Waals surface area contributed by atoms with E-state index in [9.17, 15) is 4.79 Å². The summed E-state index contributed by atoms with van der Waals surface area (Å²) >= 11 is 0. The minimum atomic E-state index is -0.481. The van der Waals surface area contributed by atoms with Crippen molar-refractivity contribution in [3.63, 3.8) is 0 Å². The van der Waals surface area contributed by atoms with Crippen molar-refractivity contribution in [3.05, 3.63) is 66.2 Å². The quantitative estimate of drug-likeness (QED) is 0.654. The lowest BCUT2D eigenvalue weighted by Gasteiger charge is -2.37. The molecule has 1 aliphatic carbocycles. The van der Waals surface area contributed by atoms with Gasteiger partial charge in [-0.2, -0.15) is 0 Å². The van der Waals surface area contributed by atoms with Gasteiger partial charge in [0.1, 0.15) is 5.75 Å². The van der Waals surface area contributed by atoms with Gasteiger partial charge in [-0.05, 0) is 83.2 Å². The molecule has 2 atom stereocenters. The highest BCUT2D eigenvalue weighted by molar-refractivity contribution is 5.81. The van der Waals surface area contributed by atoms with Crippen LogP contribution < -0.4 is 10.1 Å². The summed E-state index contributed by atoms with van der Waals surface area (Å²) in [4.78, 5) is 14.9. The van der Waals surface area contributed by atoms with E-state index >= 15 is 0 Å². The molecular weight excluding hydrogens is 372 g/mol. The van der Waals surface area contributed by atoms with Crippen molar-refractivity contribution in [2.75, 3.05) is 14.1 Å². The first-order valence-electron chi connectivity index (χ1n) is 11.3. The van der Waals surface area contributed by atoms with Gasteiger partial charge >= 0.3 is 0 Å². The highest BCUT2D eigenvalue weighted by atomic mass is 16.5. The zero-order valence-electron chi connectivity index (χ0n) is 18.6. The summed E-state index contributed by atoms with van der Waals surface area (Å²) in [6.07, 6.45) is 6.24. The van der Waals surface area contributed by atoms with E-state index in [2.05, 4.69) is 54.6 Å². The van der Waals surface area contributed by atoms with Crippen molar-refractivity contribution in [3.8, 4) is 5.75 Å². The van der Waals surface area contributed by atoms with E-state index in [4.69, 9.17) is 4.74 Å². The van der Waals surface area contributed by atoms with Gasteiger partial charge in [0, 0.05) is 12.1 Å². The molecule has 162 valence electrons. The van der Waals surface area contributed by atoms with Crippen LogP contribution in [0.4, 0.5) is 0 Å². The Morgan fingerprint density at radius 1 is 1.00 bits per heavy atom. The molecule has 2 aromatic carbocycles. The Bertz CT molecular complexity index is 755. The molecule has 0 spiro atoms. The van der Waals surface area contributed by atoms with Crippen molar-refractivity contribution in [2.45, 2.75) is 63.6 Å². The summed E-state index contributed by atoms with van der Waals surface area (Å²) in [6, 6.07) is 21.1. The summed E-state index contributed by atoms with van der Waals surface area (Å²) in [5.74, 6) is 1.40. The fourth-order valence-electron chi connectivity index (χ4n) is 4.60. The van der Waals surface area contributed by atoms with Crippen LogP contribution in [0, 0.1) is 5.92 Å². The first-order chi connectivity index (χ1) is 14.5. The maximum Gasteiger partial charge on any atom is 0.260 e. The minimum Gasteiger partial charge on any atom is -0.481 e. The molecular formula is C26H36N2O2. The van der Waals surface area contributed by atoms with Crippen LogP contribution in [-0.2, 0) is 11.2 Å². The number of nitrogens with zero attached hydrogens (tertiary/aromatic N) is 1. The third kappa shape index (κ3) is 6.60. The van der Waals surface area contributed by atoms with Crippen LogP contribution in [0.1, 0.15) is 44.6 Å². The lowest BCUT2D eigenvalue weighted by atomic mass is 9.79. The highest BCUT2D eigenvalue weighted by Gasteiger charge is 2.30.